The van der Waals surface area contributed by atoms with Crippen LogP contribution in [0.4, 0.5) is 11.6 Å². The van der Waals surface area contributed by atoms with Crippen molar-refractivity contribution in [3.8, 4) is 0 Å². The predicted molar refractivity (Wildman–Crippen MR) is 84.6 cm³/mol. The highest BCUT2D eigenvalue weighted by Gasteiger charge is 2.32. The van der Waals surface area contributed by atoms with Crippen molar-refractivity contribution in [2.75, 3.05) is 30.4 Å². The molecule has 1 aliphatic rings. The minimum Gasteiger partial charge on any atom is -0.370 e. The number of likely N-dealkylation sites (N-methyl/N-ethyl adjacent to an activating group) is 1. The van der Waals surface area contributed by atoms with E-state index in [0.29, 0.717) is 0 Å². The van der Waals surface area contributed by atoms with E-state index in [1.54, 1.807) is 13.4 Å². The summed E-state index contributed by atoms with van der Waals surface area (Å²) in [6, 6.07) is -0.116. The van der Waals surface area contributed by atoms with Crippen molar-refractivity contribution in [3.63, 3.8) is 0 Å². The highest BCUT2D eigenvalue weighted by molar-refractivity contribution is 5.85. The van der Waals surface area contributed by atoms with E-state index in [4.69, 9.17) is 0 Å². The van der Waals surface area contributed by atoms with E-state index in [0.717, 1.165) is 56.0 Å². The third-order valence-electron chi connectivity index (χ3n) is 3.84. The Morgan fingerprint density at radius 1 is 1.43 bits per heavy atom. The lowest BCUT2D eigenvalue weighted by Gasteiger charge is -2.27. The Bertz CT molecular complexity index is 491. The fourth-order valence-electron chi connectivity index (χ4n) is 2.91. The molecule has 0 aliphatic carbocycles. The van der Waals surface area contributed by atoms with Gasteiger partial charge >= 0.3 is 0 Å². The van der Waals surface area contributed by atoms with Crippen LogP contribution in [0.1, 0.15) is 38.7 Å². The van der Waals surface area contributed by atoms with Gasteiger partial charge < -0.3 is 15.5 Å². The maximum Gasteiger partial charge on any atom is 0.242 e. The normalized spacial score (nSPS) is 17.9. The SMILES string of the molecule is CCCc1c(NCC)ncnc1N1CCCC1C(=O)NC. The Labute approximate surface area is 126 Å². The molecule has 2 heterocycles. The molecule has 1 fully saturated rings. The van der Waals surface area contributed by atoms with Gasteiger partial charge in [-0.3, -0.25) is 4.79 Å². The second-order valence-corrected chi connectivity index (χ2v) is 5.27. The summed E-state index contributed by atoms with van der Waals surface area (Å²) in [6.07, 6.45) is 5.43. The first kappa shape index (κ1) is 15.5. The molecule has 6 heteroatoms. The number of anilines is 2. The standard InChI is InChI=1S/C15H25N5O/c1-4-7-11-13(17-5-2)18-10-19-14(11)20-9-6-8-12(20)15(21)16-3/h10,12H,4-9H2,1-3H3,(H,16,21)(H,17,18,19). The van der Waals surface area contributed by atoms with Crippen molar-refractivity contribution in [1.29, 1.82) is 0 Å². The molecule has 2 rings (SSSR count). The lowest BCUT2D eigenvalue weighted by atomic mass is 10.1. The van der Waals surface area contributed by atoms with Crippen molar-refractivity contribution in [2.45, 2.75) is 45.6 Å². The molecule has 0 aromatic carbocycles. The zero-order valence-corrected chi connectivity index (χ0v) is 13.1. The summed E-state index contributed by atoms with van der Waals surface area (Å²) < 4.78 is 0. The van der Waals surface area contributed by atoms with E-state index in [-0.39, 0.29) is 11.9 Å². The zero-order chi connectivity index (χ0) is 15.2. The number of rotatable bonds is 6. The molecule has 1 unspecified atom stereocenters. The smallest absolute Gasteiger partial charge is 0.242 e. The Hall–Kier alpha value is -1.85. The molecule has 0 saturated carbocycles. The molecule has 1 atom stereocenters. The van der Waals surface area contributed by atoms with Crippen LogP contribution in [-0.2, 0) is 11.2 Å². The summed E-state index contributed by atoms with van der Waals surface area (Å²) in [7, 11) is 1.69. The number of aromatic nitrogens is 2. The molecule has 21 heavy (non-hydrogen) atoms. The summed E-state index contributed by atoms with van der Waals surface area (Å²) in [5, 5.41) is 6.06. The van der Waals surface area contributed by atoms with Gasteiger partial charge in [-0.1, -0.05) is 13.3 Å². The first-order chi connectivity index (χ1) is 10.2. The van der Waals surface area contributed by atoms with Crippen LogP contribution in [0.2, 0.25) is 0 Å². The van der Waals surface area contributed by atoms with Crippen LogP contribution in [0.5, 0.6) is 0 Å². The fourth-order valence-corrected chi connectivity index (χ4v) is 2.91. The van der Waals surface area contributed by atoms with E-state index in [1.165, 1.54) is 0 Å². The lowest BCUT2D eigenvalue weighted by molar-refractivity contribution is -0.121. The molecule has 116 valence electrons. The minimum absolute atomic E-state index is 0.0681. The highest BCUT2D eigenvalue weighted by atomic mass is 16.2. The lowest BCUT2D eigenvalue weighted by Crippen LogP contribution is -2.42. The van der Waals surface area contributed by atoms with Crippen LogP contribution in [0.15, 0.2) is 6.33 Å². The number of carbonyl (C=O) groups excluding carboxylic acids is 1. The van der Waals surface area contributed by atoms with Gasteiger partial charge in [0.2, 0.25) is 5.91 Å². The maximum absolute atomic E-state index is 12.1. The van der Waals surface area contributed by atoms with Gasteiger partial charge in [0.25, 0.3) is 0 Å². The van der Waals surface area contributed by atoms with Gasteiger partial charge in [-0.2, -0.15) is 0 Å². The van der Waals surface area contributed by atoms with Gasteiger partial charge in [-0.15, -0.1) is 0 Å². The summed E-state index contributed by atoms with van der Waals surface area (Å²) in [5.41, 5.74) is 1.12. The van der Waals surface area contributed by atoms with Crippen molar-refractivity contribution in [2.24, 2.45) is 0 Å². The molecular weight excluding hydrogens is 266 g/mol. The fraction of sp³-hybridized carbons (Fsp3) is 0.667. The van der Waals surface area contributed by atoms with Gasteiger partial charge in [-0.05, 0) is 26.2 Å². The first-order valence-electron chi connectivity index (χ1n) is 7.78. The molecule has 0 bridgehead atoms. The number of hydrogen-bond acceptors (Lipinski definition) is 5. The third-order valence-corrected chi connectivity index (χ3v) is 3.84. The van der Waals surface area contributed by atoms with E-state index < -0.39 is 0 Å². The monoisotopic (exact) mass is 291 g/mol. The van der Waals surface area contributed by atoms with E-state index >= 15 is 0 Å². The molecule has 1 aromatic rings. The summed E-state index contributed by atoms with van der Waals surface area (Å²) in [5.74, 6) is 1.87. The summed E-state index contributed by atoms with van der Waals surface area (Å²) in [4.78, 5) is 23.0. The second-order valence-electron chi connectivity index (χ2n) is 5.27. The van der Waals surface area contributed by atoms with Crippen LogP contribution in [0.3, 0.4) is 0 Å². The molecule has 0 radical (unpaired) electrons. The average molecular weight is 291 g/mol. The topological polar surface area (TPSA) is 70.2 Å². The zero-order valence-electron chi connectivity index (χ0n) is 13.1. The molecule has 1 aliphatic heterocycles. The van der Waals surface area contributed by atoms with Crippen molar-refractivity contribution < 1.29 is 4.79 Å². The van der Waals surface area contributed by atoms with Crippen LogP contribution in [0.25, 0.3) is 0 Å². The van der Waals surface area contributed by atoms with Crippen LogP contribution in [0, 0.1) is 0 Å². The largest absolute Gasteiger partial charge is 0.370 e. The van der Waals surface area contributed by atoms with Crippen molar-refractivity contribution >= 4 is 17.5 Å². The molecular formula is C15H25N5O. The Morgan fingerprint density at radius 2 is 2.24 bits per heavy atom. The Balaban J connectivity index is 2.37. The van der Waals surface area contributed by atoms with E-state index in [1.807, 2.05) is 0 Å². The number of amides is 1. The molecule has 2 N–H and O–H groups in total. The van der Waals surface area contributed by atoms with Gasteiger partial charge in [0.05, 0.1) is 0 Å². The number of carbonyl (C=O) groups is 1. The van der Waals surface area contributed by atoms with Gasteiger partial charge in [0.15, 0.2) is 0 Å². The Kier molecular flexibility index (Phi) is 5.36. The van der Waals surface area contributed by atoms with Crippen LogP contribution < -0.4 is 15.5 Å². The first-order valence-corrected chi connectivity index (χ1v) is 7.78. The Morgan fingerprint density at radius 3 is 2.90 bits per heavy atom. The third kappa shape index (κ3) is 3.25. The number of nitrogens with one attached hydrogen (secondary N) is 2. The number of nitrogens with zero attached hydrogens (tertiary/aromatic N) is 3. The predicted octanol–water partition coefficient (Wildman–Crippen LogP) is 1.58. The maximum atomic E-state index is 12.1. The molecule has 0 spiro atoms. The van der Waals surface area contributed by atoms with Crippen LogP contribution >= 0.6 is 0 Å². The number of hydrogen-bond donors (Lipinski definition) is 2. The highest BCUT2D eigenvalue weighted by Crippen LogP contribution is 2.30. The van der Waals surface area contributed by atoms with Gasteiger partial charge in [-0.25, -0.2) is 9.97 Å². The van der Waals surface area contributed by atoms with Crippen molar-refractivity contribution in [3.05, 3.63) is 11.9 Å². The van der Waals surface area contributed by atoms with Gasteiger partial charge in [0, 0.05) is 25.7 Å². The molecule has 1 amide bonds. The second kappa shape index (κ2) is 7.24. The summed E-state index contributed by atoms with van der Waals surface area (Å²) >= 11 is 0. The summed E-state index contributed by atoms with van der Waals surface area (Å²) in [6.45, 7) is 5.90. The van der Waals surface area contributed by atoms with Crippen LogP contribution in [-0.4, -0.2) is 42.1 Å². The van der Waals surface area contributed by atoms with E-state index in [2.05, 4.69) is 39.3 Å². The van der Waals surface area contributed by atoms with Crippen molar-refractivity contribution in [1.82, 2.24) is 15.3 Å². The minimum atomic E-state index is -0.116. The molecule has 1 aromatic heterocycles. The molecule has 1 saturated heterocycles. The van der Waals surface area contributed by atoms with Gasteiger partial charge in [0.1, 0.15) is 24.0 Å². The molecule has 6 nitrogen and oxygen atoms in total. The average Bonchev–Trinajstić information content (AvgIpc) is 2.98. The van der Waals surface area contributed by atoms with E-state index in [9.17, 15) is 4.79 Å². The quantitative estimate of drug-likeness (QED) is 0.832.